The minimum Gasteiger partial charge on any atom is -0.355 e. The summed E-state index contributed by atoms with van der Waals surface area (Å²) < 4.78 is 2.14. The first-order valence-electron chi connectivity index (χ1n) is 5.31. The van der Waals surface area contributed by atoms with Crippen LogP contribution in [0.25, 0.3) is 0 Å². The molecule has 2 heterocycles. The number of nitrogens with one attached hydrogen (secondary N) is 1. The molecule has 2 aromatic rings. The Bertz CT molecular complexity index is 658. The maximum atomic E-state index is 11.9. The first-order valence-corrected chi connectivity index (χ1v) is 6.19. The lowest BCUT2D eigenvalue weighted by Gasteiger charge is -2.12. The topological polar surface area (TPSA) is 81.8 Å². The molecule has 0 aliphatic carbocycles. The molecule has 1 N–H and O–H groups in total. The van der Waals surface area contributed by atoms with Gasteiger partial charge >= 0.3 is 5.69 Å². The Labute approximate surface area is 107 Å². The molecule has 96 valence electrons. The second-order valence-corrected chi connectivity index (χ2v) is 4.78. The van der Waals surface area contributed by atoms with Gasteiger partial charge < -0.3 is 5.32 Å². The molecule has 18 heavy (non-hydrogen) atoms. The van der Waals surface area contributed by atoms with Crippen molar-refractivity contribution in [3.8, 4) is 0 Å². The van der Waals surface area contributed by atoms with E-state index < -0.39 is 11.2 Å². The first-order chi connectivity index (χ1) is 8.50. The van der Waals surface area contributed by atoms with E-state index in [1.807, 2.05) is 12.3 Å². The number of thiazole rings is 1. The normalized spacial score (nSPS) is 12.4. The van der Waals surface area contributed by atoms with Gasteiger partial charge in [0.25, 0.3) is 5.56 Å². The molecule has 0 fully saturated rings. The molecule has 0 aliphatic heterocycles. The Morgan fingerprint density at radius 2 is 2.11 bits per heavy atom. The summed E-state index contributed by atoms with van der Waals surface area (Å²) in [6.45, 7) is 1.88. The van der Waals surface area contributed by atoms with Gasteiger partial charge in [-0.1, -0.05) is 0 Å². The molecule has 0 radical (unpaired) electrons. The summed E-state index contributed by atoms with van der Waals surface area (Å²) in [5, 5.41) is 9.60. The largest absolute Gasteiger partial charge is 0.355 e. The standard InChI is InChI=1S/C10H13N5O2S/c1-6(8-11-4-5-18-8)12-7-9(16)14(2)10(17)15(3)13-7/h4-6H,1-3H3,(H,12,13). The lowest BCUT2D eigenvalue weighted by molar-refractivity contribution is 0.601. The van der Waals surface area contributed by atoms with Gasteiger partial charge in [-0.15, -0.1) is 16.4 Å². The highest BCUT2D eigenvalue weighted by molar-refractivity contribution is 7.09. The van der Waals surface area contributed by atoms with Crippen molar-refractivity contribution >= 4 is 17.2 Å². The zero-order valence-corrected chi connectivity index (χ0v) is 11.1. The van der Waals surface area contributed by atoms with Crippen LogP contribution in [0.1, 0.15) is 18.0 Å². The van der Waals surface area contributed by atoms with E-state index in [4.69, 9.17) is 0 Å². The summed E-state index contributed by atoms with van der Waals surface area (Å²) in [5.41, 5.74) is -0.894. The number of anilines is 1. The number of nitrogens with zero attached hydrogens (tertiary/aromatic N) is 4. The highest BCUT2D eigenvalue weighted by Crippen LogP contribution is 2.17. The number of rotatable bonds is 3. The van der Waals surface area contributed by atoms with E-state index in [0.717, 1.165) is 14.3 Å². The molecule has 8 heteroatoms. The van der Waals surface area contributed by atoms with Crippen molar-refractivity contribution in [3.63, 3.8) is 0 Å². The Balaban J connectivity index is 2.36. The summed E-state index contributed by atoms with van der Waals surface area (Å²) >= 11 is 1.49. The molecule has 0 saturated carbocycles. The molecule has 2 rings (SSSR count). The summed E-state index contributed by atoms with van der Waals surface area (Å²) in [6.07, 6.45) is 1.70. The van der Waals surface area contributed by atoms with Gasteiger partial charge in [0.2, 0.25) is 5.82 Å². The van der Waals surface area contributed by atoms with Gasteiger partial charge in [-0.3, -0.25) is 9.36 Å². The molecular weight excluding hydrogens is 254 g/mol. The molecule has 0 amide bonds. The first kappa shape index (κ1) is 12.5. The summed E-state index contributed by atoms with van der Waals surface area (Å²) in [5.74, 6) is 0.141. The fraction of sp³-hybridized carbons (Fsp3) is 0.400. The van der Waals surface area contributed by atoms with Gasteiger partial charge in [0.1, 0.15) is 5.01 Å². The molecule has 0 aliphatic rings. The van der Waals surface area contributed by atoms with Gasteiger partial charge in [-0.2, -0.15) is 0 Å². The molecule has 7 nitrogen and oxygen atoms in total. The average molecular weight is 267 g/mol. The van der Waals surface area contributed by atoms with E-state index in [-0.39, 0.29) is 11.9 Å². The van der Waals surface area contributed by atoms with Gasteiger partial charge in [-0.25, -0.2) is 14.5 Å². The fourth-order valence-corrected chi connectivity index (χ4v) is 2.15. The van der Waals surface area contributed by atoms with Crippen LogP contribution < -0.4 is 16.6 Å². The Morgan fingerprint density at radius 1 is 1.39 bits per heavy atom. The van der Waals surface area contributed by atoms with Crippen LogP contribution in [-0.4, -0.2) is 19.3 Å². The van der Waals surface area contributed by atoms with Gasteiger partial charge in [0.15, 0.2) is 0 Å². The lowest BCUT2D eigenvalue weighted by atomic mass is 10.3. The predicted octanol–water partition coefficient (Wildman–Crippen LogP) is 0.109. The zero-order chi connectivity index (χ0) is 13.3. The lowest BCUT2D eigenvalue weighted by Crippen LogP contribution is -2.40. The van der Waals surface area contributed by atoms with E-state index in [2.05, 4.69) is 15.4 Å². The zero-order valence-electron chi connectivity index (χ0n) is 10.2. The molecule has 0 aromatic carbocycles. The third kappa shape index (κ3) is 2.19. The van der Waals surface area contributed by atoms with Crippen LogP contribution in [0.15, 0.2) is 21.2 Å². The fourth-order valence-electron chi connectivity index (χ4n) is 1.50. The number of hydrogen-bond donors (Lipinski definition) is 1. The van der Waals surface area contributed by atoms with Gasteiger partial charge in [0.05, 0.1) is 6.04 Å². The van der Waals surface area contributed by atoms with E-state index in [1.165, 1.54) is 25.4 Å². The van der Waals surface area contributed by atoms with Crippen molar-refractivity contribution in [2.24, 2.45) is 14.1 Å². The van der Waals surface area contributed by atoms with Crippen molar-refractivity contribution in [1.82, 2.24) is 19.3 Å². The molecule has 1 atom stereocenters. The summed E-state index contributed by atoms with van der Waals surface area (Å²) in [4.78, 5) is 27.5. The van der Waals surface area contributed by atoms with Crippen molar-refractivity contribution in [3.05, 3.63) is 37.4 Å². The summed E-state index contributed by atoms with van der Waals surface area (Å²) in [7, 11) is 2.92. The third-order valence-corrected chi connectivity index (χ3v) is 3.45. The van der Waals surface area contributed by atoms with Crippen LogP contribution in [-0.2, 0) is 14.1 Å². The van der Waals surface area contributed by atoms with Crippen LogP contribution >= 0.6 is 11.3 Å². The quantitative estimate of drug-likeness (QED) is 0.853. The van der Waals surface area contributed by atoms with Crippen LogP contribution in [0.4, 0.5) is 5.82 Å². The van der Waals surface area contributed by atoms with Crippen LogP contribution in [0.3, 0.4) is 0 Å². The van der Waals surface area contributed by atoms with Crippen LogP contribution in [0.2, 0.25) is 0 Å². The highest BCUT2D eigenvalue weighted by Gasteiger charge is 2.13. The van der Waals surface area contributed by atoms with Crippen LogP contribution in [0.5, 0.6) is 0 Å². The maximum Gasteiger partial charge on any atom is 0.346 e. The van der Waals surface area contributed by atoms with Crippen molar-refractivity contribution in [1.29, 1.82) is 0 Å². The molecule has 2 aromatic heterocycles. The number of aryl methyl sites for hydroxylation is 1. The third-order valence-electron chi connectivity index (χ3n) is 2.50. The monoisotopic (exact) mass is 267 g/mol. The van der Waals surface area contributed by atoms with E-state index in [1.54, 1.807) is 6.20 Å². The molecule has 0 bridgehead atoms. The second-order valence-electron chi connectivity index (χ2n) is 3.86. The smallest absolute Gasteiger partial charge is 0.346 e. The van der Waals surface area contributed by atoms with E-state index in [0.29, 0.717) is 0 Å². The Morgan fingerprint density at radius 3 is 2.72 bits per heavy atom. The molecular formula is C10H13N5O2S. The summed E-state index contributed by atoms with van der Waals surface area (Å²) in [6, 6.07) is -0.136. The Hall–Kier alpha value is -1.96. The van der Waals surface area contributed by atoms with Crippen molar-refractivity contribution < 1.29 is 0 Å². The number of hydrogen-bond acceptors (Lipinski definition) is 6. The van der Waals surface area contributed by atoms with E-state index >= 15 is 0 Å². The molecule has 1 unspecified atom stereocenters. The second kappa shape index (κ2) is 4.73. The maximum absolute atomic E-state index is 11.9. The highest BCUT2D eigenvalue weighted by atomic mass is 32.1. The van der Waals surface area contributed by atoms with Crippen molar-refractivity contribution in [2.45, 2.75) is 13.0 Å². The Kier molecular flexibility index (Phi) is 3.28. The van der Waals surface area contributed by atoms with Gasteiger partial charge in [0, 0.05) is 25.7 Å². The predicted molar refractivity (Wildman–Crippen MR) is 68.9 cm³/mol. The minimum absolute atomic E-state index is 0.136. The van der Waals surface area contributed by atoms with Gasteiger partial charge in [-0.05, 0) is 6.92 Å². The number of aromatic nitrogens is 4. The molecule has 0 spiro atoms. The minimum atomic E-state index is -0.451. The van der Waals surface area contributed by atoms with Crippen LogP contribution in [0, 0.1) is 0 Å². The average Bonchev–Trinajstić information content (AvgIpc) is 2.87. The van der Waals surface area contributed by atoms with Crippen molar-refractivity contribution in [2.75, 3.05) is 5.32 Å². The molecule has 0 saturated heterocycles. The SMILES string of the molecule is CC(Nc1nn(C)c(=O)n(C)c1=O)c1nccs1. The van der Waals surface area contributed by atoms with E-state index in [9.17, 15) is 9.59 Å².